The highest BCUT2D eigenvalue weighted by molar-refractivity contribution is 6.30. The van der Waals surface area contributed by atoms with E-state index in [1.54, 1.807) is 30.3 Å². The maximum absolute atomic E-state index is 11.0. The van der Waals surface area contributed by atoms with Crippen molar-refractivity contribution in [2.24, 2.45) is 0 Å². The number of nitrogens with one attached hydrogen (secondary N) is 1. The second-order valence-corrected chi connectivity index (χ2v) is 7.56. The highest BCUT2D eigenvalue weighted by Gasteiger charge is 2.24. The summed E-state index contributed by atoms with van der Waals surface area (Å²) in [5.74, 6) is -1.21. The fraction of sp³-hybridized carbons (Fsp3) is 0.409. The van der Waals surface area contributed by atoms with E-state index in [9.17, 15) is 9.90 Å². The molecule has 0 spiro atoms. The average molecular weight is 407 g/mol. The fourth-order valence-corrected chi connectivity index (χ4v) is 3.92. The molecule has 3 N–H and O–H groups in total. The SMILES string of the molecule is [2H]C([2H])(Oc1cccc([C@@H]2CCC[C@H](NC[C@H](O)c3cccc(Cl)c3)C2)c1)[13C](=O)O. The lowest BCUT2D eigenvalue weighted by Crippen LogP contribution is -2.36. The first kappa shape index (κ1) is 18.0. The summed E-state index contributed by atoms with van der Waals surface area (Å²) in [6.07, 6.45) is 3.26. The van der Waals surface area contributed by atoms with Crippen molar-refractivity contribution in [1.82, 2.24) is 5.32 Å². The minimum atomic E-state index is -2.77. The second-order valence-electron chi connectivity index (χ2n) is 7.12. The summed E-state index contributed by atoms with van der Waals surface area (Å²) in [4.78, 5) is 11.0. The van der Waals surface area contributed by atoms with Gasteiger partial charge in [0.2, 0.25) is 0 Å². The number of halogens is 1. The van der Waals surface area contributed by atoms with Crippen molar-refractivity contribution < 1.29 is 22.5 Å². The van der Waals surface area contributed by atoms with Crippen molar-refractivity contribution in [2.75, 3.05) is 13.1 Å². The molecule has 0 saturated heterocycles. The number of aliphatic carboxylic acids is 1. The van der Waals surface area contributed by atoms with Crippen molar-refractivity contribution >= 4 is 17.6 Å². The Hall–Kier alpha value is -2.08. The quantitative estimate of drug-likeness (QED) is 0.574. The number of ether oxygens (including phenoxy) is 1. The molecule has 0 unspecified atom stereocenters. The van der Waals surface area contributed by atoms with Gasteiger partial charge >= 0.3 is 5.97 Å². The van der Waals surface area contributed by atoms with Gasteiger partial charge in [0.15, 0.2) is 6.56 Å². The van der Waals surface area contributed by atoms with Crippen LogP contribution in [0, 0.1) is 0 Å². The number of carboxylic acids is 1. The minimum absolute atomic E-state index is 0.200. The Labute approximate surface area is 173 Å². The van der Waals surface area contributed by atoms with Gasteiger partial charge in [-0.05, 0) is 60.6 Å². The molecule has 0 heterocycles. The van der Waals surface area contributed by atoms with Crippen molar-refractivity contribution in [1.29, 1.82) is 0 Å². The number of aliphatic hydroxyl groups excluding tert-OH is 1. The van der Waals surface area contributed by atoms with Gasteiger partial charge in [0.1, 0.15) is 5.75 Å². The van der Waals surface area contributed by atoms with E-state index < -0.39 is 18.6 Å². The first-order valence-electron chi connectivity index (χ1n) is 10.4. The van der Waals surface area contributed by atoms with E-state index in [0.29, 0.717) is 11.6 Å². The maximum atomic E-state index is 11.0. The van der Waals surface area contributed by atoms with Crippen LogP contribution in [0.15, 0.2) is 48.5 Å². The number of hydrogen-bond acceptors (Lipinski definition) is 4. The lowest BCUT2D eigenvalue weighted by molar-refractivity contribution is -0.139. The van der Waals surface area contributed by atoms with Gasteiger partial charge in [-0.2, -0.15) is 0 Å². The molecule has 0 amide bonds. The standard InChI is InChI=1S/C22H26ClNO4/c23-18-7-1-6-17(10-18)21(25)13-24-19-8-2-4-15(11-19)16-5-3-9-20(12-16)28-14-22(26)27/h1,3,5-7,9-10,12,15,19,21,24-25H,2,4,8,11,13-14H2,(H,26,27)/t15-,19+,21+/m1/s1/i14D2,22+1. The molecule has 28 heavy (non-hydrogen) atoms. The number of hydrogen-bond donors (Lipinski definition) is 3. The van der Waals surface area contributed by atoms with E-state index in [-0.39, 0.29) is 17.7 Å². The Morgan fingerprint density at radius 3 is 2.89 bits per heavy atom. The largest absolute Gasteiger partial charge is 0.482 e. The van der Waals surface area contributed by atoms with Crippen LogP contribution in [0.4, 0.5) is 0 Å². The Kier molecular flexibility index (Phi) is 6.37. The van der Waals surface area contributed by atoms with Crippen molar-refractivity contribution in [2.45, 2.75) is 43.7 Å². The third-order valence-electron chi connectivity index (χ3n) is 5.09. The molecule has 1 aliphatic rings. The summed E-state index contributed by atoms with van der Waals surface area (Å²) in [7, 11) is 0. The molecule has 2 aromatic rings. The van der Waals surface area contributed by atoms with E-state index in [1.807, 2.05) is 18.2 Å². The molecule has 3 rings (SSSR count). The van der Waals surface area contributed by atoms with Crippen molar-refractivity contribution in [3.8, 4) is 5.75 Å². The smallest absolute Gasteiger partial charge is 0.341 e. The van der Waals surface area contributed by atoms with Crippen LogP contribution in [-0.4, -0.2) is 35.3 Å². The molecule has 6 heteroatoms. The third-order valence-corrected chi connectivity index (χ3v) is 5.33. The van der Waals surface area contributed by atoms with Gasteiger partial charge in [-0.15, -0.1) is 0 Å². The first-order chi connectivity index (χ1) is 14.2. The van der Waals surface area contributed by atoms with Gasteiger partial charge < -0.3 is 20.3 Å². The van der Waals surface area contributed by atoms with Crippen molar-refractivity contribution in [3.05, 3.63) is 64.7 Å². The Balaban J connectivity index is 1.59. The first-order valence-corrected chi connectivity index (χ1v) is 9.81. The number of rotatable bonds is 8. The third kappa shape index (κ3) is 5.96. The van der Waals surface area contributed by atoms with Crippen LogP contribution >= 0.6 is 11.6 Å². The van der Waals surface area contributed by atoms with Gasteiger partial charge in [0.25, 0.3) is 0 Å². The number of carbonyl (C=O) groups is 1. The zero-order chi connectivity index (χ0) is 21.7. The molecule has 0 aromatic heterocycles. The summed E-state index contributed by atoms with van der Waals surface area (Å²) in [5.41, 5.74) is 1.77. The molecule has 1 saturated carbocycles. The molecule has 1 fully saturated rings. The summed E-state index contributed by atoms with van der Waals surface area (Å²) >= 11 is 6.00. The van der Waals surface area contributed by atoms with E-state index >= 15 is 0 Å². The normalized spacial score (nSPS) is 22.1. The highest BCUT2D eigenvalue weighted by Crippen LogP contribution is 2.34. The molecule has 0 aliphatic heterocycles. The molecule has 3 atom stereocenters. The monoisotopic (exact) mass is 406 g/mol. The number of benzene rings is 2. The van der Waals surface area contributed by atoms with Crippen LogP contribution in [0.25, 0.3) is 0 Å². The molecule has 0 bridgehead atoms. The van der Waals surface area contributed by atoms with Crippen molar-refractivity contribution in [3.63, 3.8) is 0 Å². The highest BCUT2D eigenvalue weighted by atomic mass is 35.5. The molecule has 2 aromatic carbocycles. The van der Waals surface area contributed by atoms with Crippen LogP contribution in [0.2, 0.25) is 5.02 Å². The lowest BCUT2D eigenvalue weighted by atomic mass is 9.81. The van der Waals surface area contributed by atoms with E-state index in [0.717, 1.165) is 36.8 Å². The predicted molar refractivity (Wildman–Crippen MR) is 109 cm³/mol. The van der Waals surface area contributed by atoms with Crippen LogP contribution in [0.3, 0.4) is 0 Å². The van der Waals surface area contributed by atoms with Crippen LogP contribution in [0.5, 0.6) is 5.75 Å². The molecule has 5 nitrogen and oxygen atoms in total. The van der Waals surface area contributed by atoms with Gasteiger partial charge in [0, 0.05) is 17.6 Å². The van der Waals surface area contributed by atoms with E-state index in [2.05, 4.69) is 5.32 Å². The topological polar surface area (TPSA) is 78.8 Å². The maximum Gasteiger partial charge on any atom is 0.341 e. The Morgan fingerprint density at radius 1 is 1.29 bits per heavy atom. The van der Waals surface area contributed by atoms with Gasteiger partial charge in [-0.1, -0.05) is 42.3 Å². The fourth-order valence-electron chi connectivity index (χ4n) is 3.72. The van der Waals surface area contributed by atoms with Gasteiger partial charge in [0.05, 0.1) is 8.85 Å². The Morgan fingerprint density at radius 2 is 2.11 bits per heavy atom. The Bertz CT molecular complexity index is 880. The summed E-state index contributed by atoms with van der Waals surface area (Å²) in [6, 6.07) is 14.4. The summed E-state index contributed by atoms with van der Waals surface area (Å²) in [5, 5.41) is 23.4. The molecular weight excluding hydrogens is 379 g/mol. The molecule has 1 aliphatic carbocycles. The molecule has 0 radical (unpaired) electrons. The van der Waals surface area contributed by atoms with Gasteiger partial charge in [-0.3, -0.25) is 0 Å². The summed E-state index contributed by atoms with van der Waals surface area (Å²) in [6.45, 7) is -2.34. The van der Waals surface area contributed by atoms with E-state index in [4.69, 9.17) is 24.2 Å². The van der Waals surface area contributed by atoms with Crippen LogP contribution < -0.4 is 10.1 Å². The minimum Gasteiger partial charge on any atom is -0.482 e. The van der Waals surface area contributed by atoms with E-state index in [1.165, 1.54) is 0 Å². The predicted octanol–water partition coefficient (Wildman–Crippen LogP) is 4.15. The summed E-state index contributed by atoms with van der Waals surface area (Å²) < 4.78 is 19.9. The number of aliphatic hydroxyl groups is 1. The van der Waals surface area contributed by atoms with Crippen LogP contribution in [-0.2, 0) is 4.79 Å². The van der Waals surface area contributed by atoms with Crippen LogP contribution in [0.1, 0.15) is 51.6 Å². The molecular formula is C22H26ClNO4. The second kappa shape index (κ2) is 9.92. The van der Waals surface area contributed by atoms with Gasteiger partial charge in [-0.25, -0.2) is 4.79 Å². The zero-order valence-corrected chi connectivity index (χ0v) is 16.2. The number of carboxylic acid groups (broad SMARTS) is 1. The average Bonchev–Trinajstić information content (AvgIpc) is 2.72. The lowest BCUT2D eigenvalue weighted by Gasteiger charge is -2.31. The zero-order valence-electron chi connectivity index (χ0n) is 17.5. The molecule has 150 valence electrons.